The molecule has 0 heterocycles. The number of likely N-dealkylation sites (N-methyl/N-ethyl adjacent to an activating group) is 1. The number of alkyl halides is 3. The normalized spacial score (nSPS) is 20.2. The van der Waals surface area contributed by atoms with Crippen LogP contribution < -0.4 is 5.32 Å². The molecule has 2 rings (SSSR count). The van der Waals surface area contributed by atoms with E-state index in [-0.39, 0.29) is 24.2 Å². The molecular formula is C16H18F4N2O3. The van der Waals surface area contributed by atoms with E-state index in [2.05, 4.69) is 5.32 Å². The van der Waals surface area contributed by atoms with Crippen molar-refractivity contribution >= 4 is 11.9 Å². The van der Waals surface area contributed by atoms with E-state index in [0.29, 0.717) is 31.5 Å². The van der Waals surface area contributed by atoms with E-state index >= 15 is 0 Å². The van der Waals surface area contributed by atoms with Gasteiger partial charge < -0.3 is 10.4 Å². The summed E-state index contributed by atoms with van der Waals surface area (Å²) in [4.78, 5) is 24.5. The smallest absolute Gasteiger partial charge is 0.419 e. The summed E-state index contributed by atoms with van der Waals surface area (Å²) >= 11 is 0. The monoisotopic (exact) mass is 362 g/mol. The highest BCUT2D eigenvalue weighted by Gasteiger charge is 2.36. The van der Waals surface area contributed by atoms with Gasteiger partial charge in [0.2, 0.25) is 0 Å². The SMILES string of the molecule is CCN(CC(=O)O)C1CC(NC(=O)c2ccc(C(F)(F)F)c(F)c2)C1. The quantitative estimate of drug-likeness (QED) is 0.763. The fourth-order valence-corrected chi connectivity index (χ4v) is 2.83. The zero-order valence-corrected chi connectivity index (χ0v) is 13.4. The number of carbonyl (C=O) groups excluding carboxylic acids is 1. The highest BCUT2D eigenvalue weighted by Crippen LogP contribution is 2.32. The molecule has 0 aliphatic heterocycles. The van der Waals surface area contributed by atoms with Gasteiger partial charge in [0.1, 0.15) is 5.82 Å². The highest BCUT2D eigenvalue weighted by molar-refractivity contribution is 5.94. The van der Waals surface area contributed by atoms with Crippen molar-refractivity contribution in [2.75, 3.05) is 13.1 Å². The summed E-state index contributed by atoms with van der Waals surface area (Å²) < 4.78 is 51.0. The summed E-state index contributed by atoms with van der Waals surface area (Å²) in [5, 5.41) is 11.4. The molecule has 1 fully saturated rings. The van der Waals surface area contributed by atoms with Crippen molar-refractivity contribution in [1.29, 1.82) is 0 Å². The lowest BCUT2D eigenvalue weighted by Gasteiger charge is -2.42. The fraction of sp³-hybridized carbons (Fsp3) is 0.500. The Balaban J connectivity index is 1.92. The van der Waals surface area contributed by atoms with Gasteiger partial charge in [-0.15, -0.1) is 0 Å². The third-order valence-corrected chi connectivity index (χ3v) is 4.25. The Morgan fingerprint density at radius 3 is 2.44 bits per heavy atom. The molecule has 0 saturated heterocycles. The lowest BCUT2D eigenvalue weighted by molar-refractivity contribution is -0.140. The number of carboxylic acid groups (broad SMARTS) is 1. The number of hydrogen-bond acceptors (Lipinski definition) is 3. The van der Waals surface area contributed by atoms with Crippen LogP contribution in [0, 0.1) is 5.82 Å². The molecule has 0 bridgehead atoms. The molecule has 1 aliphatic carbocycles. The minimum Gasteiger partial charge on any atom is -0.480 e. The first-order chi connectivity index (χ1) is 11.6. The van der Waals surface area contributed by atoms with Gasteiger partial charge in [-0.2, -0.15) is 13.2 Å². The average molecular weight is 362 g/mol. The molecule has 1 amide bonds. The van der Waals surface area contributed by atoms with Crippen molar-refractivity contribution in [2.45, 2.75) is 38.0 Å². The lowest BCUT2D eigenvalue weighted by Crippen LogP contribution is -2.54. The van der Waals surface area contributed by atoms with Crippen molar-refractivity contribution in [3.05, 3.63) is 35.1 Å². The molecule has 0 radical (unpaired) electrons. The number of carbonyl (C=O) groups is 2. The second kappa shape index (κ2) is 7.38. The van der Waals surface area contributed by atoms with Crippen molar-refractivity contribution in [3.8, 4) is 0 Å². The van der Waals surface area contributed by atoms with Gasteiger partial charge in [-0.3, -0.25) is 14.5 Å². The number of benzene rings is 1. The van der Waals surface area contributed by atoms with Crippen LogP contribution in [0.25, 0.3) is 0 Å². The van der Waals surface area contributed by atoms with Crippen molar-refractivity contribution in [3.63, 3.8) is 0 Å². The molecule has 25 heavy (non-hydrogen) atoms. The molecule has 0 aromatic heterocycles. The number of halogens is 4. The predicted molar refractivity (Wildman–Crippen MR) is 80.6 cm³/mol. The van der Waals surface area contributed by atoms with Crippen molar-refractivity contribution < 1.29 is 32.3 Å². The van der Waals surface area contributed by atoms with Crippen LogP contribution in [0.1, 0.15) is 35.7 Å². The van der Waals surface area contributed by atoms with Gasteiger partial charge in [0.05, 0.1) is 12.1 Å². The summed E-state index contributed by atoms with van der Waals surface area (Å²) in [7, 11) is 0. The van der Waals surface area contributed by atoms with Gasteiger partial charge >= 0.3 is 12.1 Å². The Morgan fingerprint density at radius 2 is 1.96 bits per heavy atom. The number of nitrogens with one attached hydrogen (secondary N) is 1. The van der Waals surface area contributed by atoms with Gasteiger partial charge in [0, 0.05) is 17.6 Å². The summed E-state index contributed by atoms with van der Waals surface area (Å²) in [5.41, 5.74) is -1.60. The van der Waals surface area contributed by atoms with E-state index in [1.54, 1.807) is 4.90 Å². The number of hydrogen-bond donors (Lipinski definition) is 2. The number of aliphatic carboxylic acids is 1. The highest BCUT2D eigenvalue weighted by atomic mass is 19.4. The Morgan fingerprint density at radius 1 is 1.32 bits per heavy atom. The maximum atomic E-state index is 13.5. The molecule has 0 spiro atoms. The molecule has 138 valence electrons. The molecule has 2 N–H and O–H groups in total. The number of rotatable bonds is 6. The van der Waals surface area contributed by atoms with E-state index in [9.17, 15) is 27.2 Å². The fourth-order valence-electron chi connectivity index (χ4n) is 2.83. The molecule has 1 saturated carbocycles. The predicted octanol–water partition coefficient (Wildman–Crippen LogP) is 2.51. The van der Waals surface area contributed by atoms with Crippen LogP contribution in [0.2, 0.25) is 0 Å². The Kier molecular flexibility index (Phi) is 5.66. The summed E-state index contributed by atoms with van der Waals surface area (Å²) in [6, 6.07) is 1.85. The summed E-state index contributed by atoms with van der Waals surface area (Å²) in [6.45, 7) is 2.30. The van der Waals surface area contributed by atoms with E-state index in [1.807, 2.05) is 6.92 Å². The van der Waals surface area contributed by atoms with Crippen LogP contribution in [-0.4, -0.2) is 47.1 Å². The minimum absolute atomic E-state index is 0.0238. The molecule has 5 nitrogen and oxygen atoms in total. The maximum absolute atomic E-state index is 13.5. The first kappa shape index (κ1) is 19.2. The Labute approximate surface area is 141 Å². The van der Waals surface area contributed by atoms with Crippen LogP contribution in [0.5, 0.6) is 0 Å². The van der Waals surface area contributed by atoms with Crippen molar-refractivity contribution in [1.82, 2.24) is 10.2 Å². The van der Waals surface area contributed by atoms with E-state index in [4.69, 9.17) is 5.11 Å². The van der Waals surface area contributed by atoms with E-state index < -0.39 is 29.4 Å². The van der Waals surface area contributed by atoms with Crippen LogP contribution in [0.15, 0.2) is 18.2 Å². The zero-order valence-electron chi connectivity index (χ0n) is 13.4. The average Bonchev–Trinajstić information content (AvgIpc) is 2.46. The summed E-state index contributed by atoms with van der Waals surface area (Å²) in [5.74, 6) is -3.09. The van der Waals surface area contributed by atoms with E-state index in [1.165, 1.54) is 0 Å². The zero-order chi connectivity index (χ0) is 18.8. The molecule has 1 aromatic carbocycles. The number of nitrogens with zero attached hydrogens (tertiary/aromatic N) is 1. The topological polar surface area (TPSA) is 69.6 Å². The van der Waals surface area contributed by atoms with Crippen LogP contribution in [-0.2, 0) is 11.0 Å². The second-order valence-corrected chi connectivity index (χ2v) is 5.94. The Hall–Kier alpha value is -2.16. The molecule has 1 aliphatic rings. The molecule has 9 heteroatoms. The third-order valence-electron chi connectivity index (χ3n) is 4.25. The molecule has 1 aromatic rings. The largest absolute Gasteiger partial charge is 0.480 e. The van der Waals surface area contributed by atoms with Crippen LogP contribution in [0.3, 0.4) is 0 Å². The third kappa shape index (κ3) is 4.68. The molecule has 0 unspecified atom stereocenters. The molecule has 0 atom stereocenters. The van der Waals surface area contributed by atoms with Crippen molar-refractivity contribution in [2.24, 2.45) is 0 Å². The summed E-state index contributed by atoms with van der Waals surface area (Å²) in [6.07, 6.45) is -3.74. The molecular weight excluding hydrogens is 344 g/mol. The van der Waals surface area contributed by atoms with Crippen LogP contribution in [0.4, 0.5) is 17.6 Å². The van der Waals surface area contributed by atoms with Crippen LogP contribution >= 0.6 is 0 Å². The van der Waals surface area contributed by atoms with E-state index in [0.717, 1.165) is 6.07 Å². The van der Waals surface area contributed by atoms with Gasteiger partial charge in [-0.05, 0) is 37.6 Å². The number of amides is 1. The lowest BCUT2D eigenvalue weighted by atomic mass is 9.85. The van der Waals surface area contributed by atoms with Gasteiger partial charge in [-0.25, -0.2) is 4.39 Å². The van der Waals surface area contributed by atoms with Gasteiger partial charge in [0.25, 0.3) is 5.91 Å². The Bertz CT molecular complexity index is 657. The number of carboxylic acids is 1. The first-order valence-corrected chi connectivity index (χ1v) is 7.75. The van der Waals surface area contributed by atoms with Gasteiger partial charge in [-0.1, -0.05) is 6.92 Å². The standard InChI is InChI=1S/C16H18F4N2O3/c1-2-22(8-14(23)24)11-6-10(7-11)21-15(25)9-3-4-12(13(17)5-9)16(18,19)20/h3-5,10-11H,2,6-8H2,1H3,(H,21,25)(H,23,24). The van der Waals surface area contributed by atoms with Gasteiger partial charge in [0.15, 0.2) is 0 Å². The minimum atomic E-state index is -4.81. The second-order valence-electron chi connectivity index (χ2n) is 5.94. The first-order valence-electron chi connectivity index (χ1n) is 7.75. The maximum Gasteiger partial charge on any atom is 0.419 e.